The number of aliphatic imine (C=N–C) groups is 1. The van der Waals surface area contributed by atoms with Crippen molar-refractivity contribution in [2.45, 2.75) is 19.8 Å². The van der Waals surface area contributed by atoms with Gasteiger partial charge in [0.15, 0.2) is 6.29 Å². The summed E-state index contributed by atoms with van der Waals surface area (Å²) in [5.41, 5.74) is 3.74. The molecule has 2 aromatic heterocycles. The van der Waals surface area contributed by atoms with E-state index in [4.69, 9.17) is 4.99 Å². The zero-order chi connectivity index (χ0) is 22.3. The molecule has 0 aliphatic heterocycles. The van der Waals surface area contributed by atoms with Crippen molar-refractivity contribution in [3.05, 3.63) is 53.3 Å². The first-order valence-electron chi connectivity index (χ1n) is 9.82. The van der Waals surface area contributed by atoms with Gasteiger partial charge in [-0.05, 0) is 18.6 Å². The molecule has 0 radical (unpaired) electrons. The lowest BCUT2D eigenvalue weighted by Gasteiger charge is -2.17. The number of allylic oxidation sites excluding steroid dienone is 3. The number of carbonyl (C=O) groups is 1. The number of anilines is 1. The van der Waals surface area contributed by atoms with E-state index in [2.05, 4.69) is 30.6 Å². The van der Waals surface area contributed by atoms with Gasteiger partial charge in [0, 0.05) is 59.3 Å². The van der Waals surface area contributed by atoms with Crippen molar-refractivity contribution >= 4 is 45.6 Å². The van der Waals surface area contributed by atoms with E-state index in [1.807, 2.05) is 62.1 Å². The Bertz CT molecular complexity index is 985. The molecule has 0 fully saturated rings. The van der Waals surface area contributed by atoms with Crippen molar-refractivity contribution < 1.29 is 4.79 Å². The molecule has 0 unspecified atom stereocenters. The van der Waals surface area contributed by atoms with Crippen LogP contribution in [0.4, 0.5) is 11.4 Å². The summed E-state index contributed by atoms with van der Waals surface area (Å²) in [6.07, 6.45) is 12.4. The summed E-state index contributed by atoms with van der Waals surface area (Å²) in [4.78, 5) is 28.2. The summed E-state index contributed by atoms with van der Waals surface area (Å²) in [5.74, 6) is 0. The van der Waals surface area contributed by atoms with Crippen molar-refractivity contribution in [1.82, 2.24) is 14.8 Å². The second-order valence-electron chi connectivity index (χ2n) is 7.29. The maximum Gasteiger partial charge on any atom is 0.162 e. The standard InChI is InChI=1S/C23H31N5OS/c1-8-10-18(12-9-11-17(2)26(3)4)28(7)16-25-22-20(15-29)30-23-21(22)19(27(5)6)13-14-24-23/h9-11,13-16H,2,8,12H2,1,3-7H3/b11-9-,18-10+,25-16?. The fourth-order valence-electron chi connectivity index (χ4n) is 2.88. The Hall–Kier alpha value is -2.93. The van der Waals surface area contributed by atoms with Crippen molar-refractivity contribution in [3.63, 3.8) is 0 Å². The van der Waals surface area contributed by atoms with Gasteiger partial charge in [0.1, 0.15) is 4.83 Å². The summed E-state index contributed by atoms with van der Waals surface area (Å²) in [7, 11) is 9.87. The van der Waals surface area contributed by atoms with Crippen LogP contribution in [0.5, 0.6) is 0 Å². The van der Waals surface area contributed by atoms with Crippen molar-refractivity contribution in [3.8, 4) is 0 Å². The van der Waals surface area contributed by atoms with Gasteiger partial charge in [-0.25, -0.2) is 9.98 Å². The van der Waals surface area contributed by atoms with Gasteiger partial charge in [-0.1, -0.05) is 25.7 Å². The van der Waals surface area contributed by atoms with Crippen molar-refractivity contribution in [1.29, 1.82) is 0 Å². The summed E-state index contributed by atoms with van der Waals surface area (Å²) >= 11 is 1.37. The molecule has 2 rings (SSSR count). The van der Waals surface area contributed by atoms with Gasteiger partial charge in [0.05, 0.1) is 28.0 Å². The fourth-order valence-corrected chi connectivity index (χ4v) is 3.80. The fraction of sp³-hybridized carbons (Fsp3) is 0.348. The van der Waals surface area contributed by atoms with Gasteiger partial charge in [-0.15, -0.1) is 11.3 Å². The Morgan fingerprint density at radius 2 is 2.00 bits per heavy atom. The number of fused-ring (bicyclic) bond motifs is 1. The van der Waals surface area contributed by atoms with Gasteiger partial charge >= 0.3 is 0 Å². The average Bonchev–Trinajstić information content (AvgIpc) is 3.08. The Morgan fingerprint density at radius 1 is 1.27 bits per heavy atom. The first-order chi connectivity index (χ1) is 14.3. The highest BCUT2D eigenvalue weighted by Gasteiger charge is 2.16. The van der Waals surface area contributed by atoms with Crippen LogP contribution in [0.1, 0.15) is 29.4 Å². The molecule has 0 N–H and O–H groups in total. The van der Waals surface area contributed by atoms with Crippen LogP contribution in [0.25, 0.3) is 10.2 Å². The quantitative estimate of drug-likeness (QED) is 0.230. The van der Waals surface area contributed by atoms with E-state index in [9.17, 15) is 4.79 Å². The molecular formula is C23H31N5OS. The molecule has 0 aromatic carbocycles. The molecule has 0 saturated heterocycles. The first-order valence-corrected chi connectivity index (χ1v) is 10.6. The van der Waals surface area contributed by atoms with E-state index in [1.54, 1.807) is 12.5 Å². The number of carbonyl (C=O) groups excluding carboxylic acids is 1. The van der Waals surface area contributed by atoms with Gasteiger partial charge < -0.3 is 14.7 Å². The highest BCUT2D eigenvalue weighted by Crippen LogP contribution is 2.40. The lowest BCUT2D eigenvalue weighted by Crippen LogP contribution is -2.15. The van der Waals surface area contributed by atoms with Gasteiger partial charge in [-0.3, -0.25) is 4.79 Å². The molecular weight excluding hydrogens is 394 g/mol. The minimum absolute atomic E-state index is 0.583. The third-order valence-electron chi connectivity index (χ3n) is 4.62. The number of nitrogens with zero attached hydrogens (tertiary/aromatic N) is 5. The SMILES string of the molecule is C=C(/C=C\C/C(=C\CC)N(C)C=Nc1c(C=O)sc2nccc(N(C)C)c12)N(C)C. The third-order valence-corrected chi connectivity index (χ3v) is 5.64. The minimum atomic E-state index is 0.583. The second kappa shape index (κ2) is 10.7. The van der Waals surface area contributed by atoms with Gasteiger partial charge in [0.25, 0.3) is 0 Å². The van der Waals surface area contributed by atoms with E-state index in [1.165, 1.54) is 11.3 Å². The number of rotatable bonds is 10. The van der Waals surface area contributed by atoms with Crippen molar-refractivity contribution in [2.24, 2.45) is 4.99 Å². The molecule has 160 valence electrons. The van der Waals surface area contributed by atoms with E-state index < -0.39 is 0 Å². The summed E-state index contributed by atoms with van der Waals surface area (Å²) in [6.45, 7) is 6.13. The normalized spacial score (nSPS) is 12.1. The Kier molecular flexibility index (Phi) is 8.35. The zero-order valence-electron chi connectivity index (χ0n) is 18.7. The molecule has 30 heavy (non-hydrogen) atoms. The minimum Gasteiger partial charge on any atom is -0.378 e. The second-order valence-corrected chi connectivity index (χ2v) is 8.32. The number of thiophene rings is 1. The first kappa shape index (κ1) is 23.3. The predicted octanol–water partition coefficient (Wildman–Crippen LogP) is 5.08. The molecule has 0 bridgehead atoms. The lowest BCUT2D eigenvalue weighted by molar-refractivity contribution is 0.112. The molecule has 0 aliphatic rings. The van der Waals surface area contributed by atoms with E-state index >= 15 is 0 Å². The smallest absolute Gasteiger partial charge is 0.162 e. The maximum absolute atomic E-state index is 11.7. The maximum atomic E-state index is 11.7. The Balaban J connectivity index is 2.34. The molecule has 0 aliphatic carbocycles. The number of hydrogen-bond acceptors (Lipinski definition) is 6. The number of hydrogen-bond donors (Lipinski definition) is 0. The van der Waals surface area contributed by atoms with Gasteiger partial charge in [0.2, 0.25) is 0 Å². The number of aromatic nitrogens is 1. The number of pyridine rings is 1. The topological polar surface area (TPSA) is 52.0 Å². The highest BCUT2D eigenvalue weighted by atomic mass is 32.1. The largest absolute Gasteiger partial charge is 0.378 e. The summed E-state index contributed by atoms with van der Waals surface area (Å²) in [5, 5.41) is 0.905. The predicted molar refractivity (Wildman–Crippen MR) is 130 cm³/mol. The molecule has 2 aromatic rings. The number of likely N-dealkylation sites (N-methyl/N-ethyl adjacent to an activating group) is 1. The van der Waals surface area contributed by atoms with Crippen LogP contribution in [0.3, 0.4) is 0 Å². The highest BCUT2D eigenvalue weighted by molar-refractivity contribution is 7.21. The van der Waals surface area contributed by atoms with Crippen LogP contribution >= 0.6 is 11.3 Å². The molecule has 2 heterocycles. The molecule has 0 spiro atoms. The molecule has 7 heteroatoms. The van der Waals surface area contributed by atoms with E-state index in [0.717, 1.165) is 46.4 Å². The van der Waals surface area contributed by atoms with E-state index in [0.29, 0.717) is 10.6 Å². The zero-order valence-corrected chi connectivity index (χ0v) is 19.5. The van der Waals surface area contributed by atoms with Crippen LogP contribution in [-0.4, -0.2) is 62.6 Å². The lowest BCUT2D eigenvalue weighted by atomic mass is 10.2. The Labute approximate surface area is 183 Å². The average molecular weight is 426 g/mol. The van der Waals surface area contributed by atoms with Crippen molar-refractivity contribution in [2.75, 3.05) is 40.1 Å². The number of aldehydes is 1. The molecule has 0 amide bonds. The van der Waals surface area contributed by atoms with Crippen LogP contribution in [0, 0.1) is 0 Å². The van der Waals surface area contributed by atoms with Crippen LogP contribution < -0.4 is 4.90 Å². The summed E-state index contributed by atoms with van der Waals surface area (Å²) < 4.78 is 0. The van der Waals surface area contributed by atoms with Crippen LogP contribution in [0.15, 0.2) is 53.5 Å². The molecule has 6 nitrogen and oxygen atoms in total. The third kappa shape index (κ3) is 5.57. The van der Waals surface area contributed by atoms with Crippen LogP contribution in [0.2, 0.25) is 0 Å². The van der Waals surface area contributed by atoms with E-state index in [-0.39, 0.29) is 0 Å². The van der Waals surface area contributed by atoms with Crippen LogP contribution in [-0.2, 0) is 0 Å². The van der Waals surface area contributed by atoms with Gasteiger partial charge in [-0.2, -0.15) is 0 Å². The summed E-state index contributed by atoms with van der Waals surface area (Å²) in [6, 6.07) is 1.94. The molecule has 0 atom stereocenters. The Morgan fingerprint density at radius 3 is 2.60 bits per heavy atom. The monoisotopic (exact) mass is 425 g/mol. The molecule has 0 saturated carbocycles.